The minimum Gasteiger partial charge on any atom is -0.490 e. The number of hydrogen-bond acceptors (Lipinski definition) is 5. The highest BCUT2D eigenvalue weighted by atomic mass is 32.2. The Labute approximate surface area is 117 Å². The molecule has 0 saturated heterocycles. The van der Waals surface area contributed by atoms with Crippen LogP contribution in [0, 0.1) is 10.1 Å². The fraction of sp³-hybridized carbons (Fsp3) is 0.538. The highest BCUT2D eigenvalue weighted by molar-refractivity contribution is 7.99. The number of nitrogens with one attached hydrogen (secondary N) is 1. The quantitative estimate of drug-likeness (QED) is 0.449. The Hall–Kier alpha value is -1.43. The van der Waals surface area contributed by atoms with Crippen molar-refractivity contribution in [2.75, 3.05) is 23.9 Å². The van der Waals surface area contributed by atoms with Crippen molar-refractivity contribution in [2.45, 2.75) is 26.3 Å². The van der Waals surface area contributed by atoms with Crippen molar-refractivity contribution in [2.24, 2.45) is 0 Å². The summed E-state index contributed by atoms with van der Waals surface area (Å²) in [5.74, 6) is 2.42. The van der Waals surface area contributed by atoms with Gasteiger partial charge < -0.3 is 10.1 Å². The molecule has 1 N–H and O–H groups in total. The first kappa shape index (κ1) is 15.6. The highest BCUT2D eigenvalue weighted by Gasteiger charge is 2.21. The first-order valence-electron chi connectivity index (χ1n) is 6.25. The second-order valence-corrected chi connectivity index (χ2v) is 5.54. The summed E-state index contributed by atoms with van der Waals surface area (Å²) in [5, 5.41) is 14.3. The minimum absolute atomic E-state index is 0.00000501. The van der Waals surface area contributed by atoms with Crippen molar-refractivity contribution < 1.29 is 9.66 Å². The highest BCUT2D eigenvalue weighted by Crippen LogP contribution is 2.34. The molecule has 0 fully saturated rings. The summed E-state index contributed by atoms with van der Waals surface area (Å²) in [6.07, 6.45) is 0.965. The molecule has 106 valence electrons. The number of nitro groups is 1. The van der Waals surface area contributed by atoms with Gasteiger partial charge in [-0.2, -0.15) is 11.8 Å². The minimum atomic E-state index is -0.408. The van der Waals surface area contributed by atoms with Gasteiger partial charge in [0.1, 0.15) is 5.69 Å². The molecule has 1 rings (SSSR count). The van der Waals surface area contributed by atoms with Crippen LogP contribution in [0.15, 0.2) is 18.2 Å². The number of nitro benzene ring substituents is 1. The van der Waals surface area contributed by atoms with Crippen LogP contribution in [-0.2, 0) is 0 Å². The summed E-state index contributed by atoms with van der Waals surface area (Å²) in [5.41, 5.74) is 0.512. The van der Waals surface area contributed by atoms with Crippen molar-refractivity contribution in [3.63, 3.8) is 0 Å². The normalized spacial score (nSPS) is 11.9. The van der Waals surface area contributed by atoms with Gasteiger partial charge in [-0.05, 0) is 37.0 Å². The van der Waals surface area contributed by atoms with Crippen molar-refractivity contribution in [3.05, 3.63) is 28.3 Å². The zero-order valence-corrected chi connectivity index (χ0v) is 12.3. The summed E-state index contributed by atoms with van der Waals surface area (Å²) in [7, 11) is 1.44. The molecule has 5 nitrogen and oxygen atoms in total. The smallest absolute Gasteiger partial charge is 0.333 e. The summed E-state index contributed by atoms with van der Waals surface area (Å²) in [6, 6.07) is 5.25. The molecule has 1 unspecified atom stereocenters. The first-order chi connectivity index (χ1) is 9.10. The molecule has 6 heteroatoms. The van der Waals surface area contributed by atoms with Gasteiger partial charge in [-0.3, -0.25) is 10.1 Å². The maximum absolute atomic E-state index is 11.1. The topological polar surface area (TPSA) is 64.4 Å². The van der Waals surface area contributed by atoms with Gasteiger partial charge >= 0.3 is 5.69 Å². The van der Waals surface area contributed by atoms with Gasteiger partial charge in [-0.25, -0.2) is 0 Å². The third kappa shape index (κ3) is 4.63. The molecule has 0 radical (unpaired) electrons. The maximum atomic E-state index is 11.1. The van der Waals surface area contributed by atoms with E-state index in [1.165, 1.54) is 7.11 Å². The van der Waals surface area contributed by atoms with Crippen LogP contribution in [0.3, 0.4) is 0 Å². The lowest BCUT2D eigenvalue weighted by Gasteiger charge is -2.15. The predicted octanol–water partition coefficient (Wildman–Crippen LogP) is 3.55. The first-order valence-corrected chi connectivity index (χ1v) is 7.41. The molecule has 0 amide bonds. The van der Waals surface area contributed by atoms with Gasteiger partial charge in [-0.15, -0.1) is 0 Å². The van der Waals surface area contributed by atoms with Gasteiger partial charge in [0, 0.05) is 6.04 Å². The molecule has 19 heavy (non-hydrogen) atoms. The molecular weight excluding hydrogens is 264 g/mol. The Bertz CT molecular complexity index is 426. The summed E-state index contributed by atoms with van der Waals surface area (Å²) in [4.78, 5) is 10.7. The van der Waals surface area contributed by atoms with E-state index in [0.717, 1.165) is 17.9 Å². The van der Waals surface area contributed by atoms with E-state index in [1.54, 1.807) is 18.2 Å². The molecule has 0 spiro atoms. The Morgan fingerprint density at radius 1 is 1.53 bits per heavy atom. The van der Waals surface area contributed by atoms with E-state index in [2.05, 4.69) is 12.2 Å². The van der Waals surface area contributed by atoms with Crippen LogP contribution < -0.4 is 10.1 Å². The molecule has 0 aliphatic heterocycles. The average Bonchev–Trinajstić information content (AvgIpc) is 2.38. The molecule has 0 saturated carbocycles. The number of hydrogen-bond donors (Lipinski definition) is 1. The second kappa shape index (κ2) is 7.89. The van der Waals surface area contributed by atoms with Gasteiger partial charge in [-0.1, -0.05) is 13.0 Å². The van der Waals surface area contributed by atoms with Gasteiger partial charge in [0.25, 0.3) is 0 Å². The monoisotopic (exact) mass is 284 g/mol. The molecule has 0 aliphatic carbocycles. The van der Waals surface area contributed by atoms with E-state index in [-0.39, 0.29) is 17.5 Å². The van der Waals surface area contributed by atoms with E-state index in [0.29, 0.717) is 5.69 Å². The number of nitrogens with zero attached hydrogens (tertiary/aromatic N) is 1. The number of rotatable bonds is 8. The second-order valence-electron chi connectivity index (χ2n) is 4.14. The largest absolute Gasteiger partial charge is 0.490 e. The molecule has 1 aromatic carbocycles. The number of anilines is 1. The number of benzene rings is 1. The van der Waals surface area contributed by atoms with Crippen LogP contribution in [0.25, 0.3) is 0 Å². The zero-order chi connectivity index (χ0) is 14.3. The van der Waals surface area contributed by atoms with Gasteiger partial charge in [0.15, 0.2) is 5.75 Å². The maximum Gasteiger partial charge on any atom is 0.333 e. The van der Waals surface area contributed by atoms with Crippen LogP contribution in [0.2, 0.25) is 0 Å². The Morgan fingerprint density at radius 3 is 2.84 bits per heavy atom. The molecule has 1 atom stereocenters. The van der Waals surface area contributed by atoms with Crippen LogP contribution in [-0.4, -0.2) is 29.6 Å². The van der Waals surface area contributed by atoms with Gasteiger partial charge in [0.2, 0.25) is 0 Å². The average molecular weight is 284 g/mol. The molecule has 0 aromatic heterocycles. The van der Waals surface area contributed by atoms with E-state index >= 15 is 0 Å². The zero-order valence-electron chi connectivity index (χ0n) is 11.5. The third-order valence-corrected chi connectivity index (χ3v) is 3.64. The summed E-state index contributed by atoms with van der Waals surface area (Å²) in [6.45, 7) is 4.15. The fourth-order valence-electron chi connectivity index (χ4n) is 1.73. The standard InChI is InChI=1S/C13H20N2O3S/c1-4-19-9-8-10(2)14-11-6-5-7-12(18-3)13(11)15(16)17/h5-7,10,14H,4,8-9H2,1-3H3. The predicted molar refractivity (Wildman–Crippen MR) is 80.3 cm³/mol. The van der Waals surface area contributed by atoms with E-state index in [4.69, 9.17) is 4.74 Å². The van der Waals surface area contributed by atoms with E-state index < -0.39 is 4.92 Å². The number of ether oxygens (including phenoxy) is 1. The molecule has 1 aromatic rings. The third-order valence-electron chi connectivity index (χ3n) is 2.70. The summed E-state index contributed by atoms with van der Waals surface area (Å²) >= 11 is 1.87. The SMILES string of the molecule is CCSCCC(C)Nc1cccc(OC)c1[N+](=O)[O-]. The molecule has 0 heterocycles. The number of thioether (sulfide) groups is 1. The van der Waals surface area contributed by atoms with Crippen molar-refractivity contribution in [3.8, 4) is 5.75 Å². The van der Waals surface area contributed by atoms with Crippen LogP contribution >= 0.6 is 11.8 Å². The lowest BCUT2D eigenvalue weighted by Crippen LogP contribution is -2.17. The van der Waals surface area contributed by atoms with E-state index in [1.807, 2.05) is 18.7 Å². The Morgan fingerprint density at radius 2 is 2.26 bits per heavy atom. The number of para-hydroxylation sites is 1. The lowest BCUT2D eigenvalue weighted by atomic mass is 10.2. The van der Waals surface area contributed by atoms with Crippen molar-refractivity contribution in [1.29, 1.82) is 0 Å². The van der Waals surface area contributed by atoms with E-state index in [9.17, 15) is 10.1 Å². The number of methoxy groups -OCH3 is 1. The van der Waals surface area contributed by atoms with Gasteiger partial charge in [0.05, 0.1) is 12.0 Å². The van der Waals surface area contributed by atoms with Crippen LogP contribution in [0.5, 0.6) is 5.75 Å². The lowest BCUT2D eigenvalue weighted by molar-refractivity contribution is -0.384. The van der Waals surface area contributed by atoms with Crippen molar-refractivity contribution >= 4 is 23.1 Å². The fourth-order valence-corrected chi connectivity index (χ4v) is 2.54. The Balaban J connectivity index is 2.79. The van der Waals surface area contributed by atoms with Crippen LogP contribution in [0.4, 0.5) is 11.4 Å². The molecular formula is C13H20N2O3S. The summed E-state index contributed by atoms with van der Waals surface area (Å²) < 4.78 is 5.04. The van der Waals surface area contributed by atoms with Crippen molar-refractivity contribution in [1.82, 2.24) is 0 Å². The van der Waals surface area contributed by atoms with Crippen LogP contribution in [0.1, 0.15) is 20.3 Å². The molecule has 0 aliphatic rings. The Kier molecular flexibility index (Phi) is 6.49. The molecule has 0 bridgehead atoms.